The molecule has 1 aliphatic rings. The minimum absolute atomic E-state index is 0.0721. The molecule has 0 bridgehead atoms. The molecule has 3 rings (SSSR count). The summed E-state index contributed by atoms with van der Waals surface area (Å²) in [5.74, 6) is 0. The summed E-state index contributed by atoms with van der Waals surface area (Å²) >= 11 is 17.1. The average molecular weight is 630 g/mol. The van der Waals surface area contributed by atoms with Crippen LogP contribution >= 0.6 is 34.8 Å². The molecule has 0 saturated carbocycles. The topological polar surface area (TPSA) is 74.2 Å². The number of aryl methyl sites for hydroxylation is 1. The van der Waals surface area contributed by atoms with E-state index in [1.165, 1.54) is 30.0 Å². The number of anilines is 1. The lowest BCUT2D eigenvalue weighted by molar-refractivity contribution is -0.137. The summed E-state index contributed by atoms with van der Waals surface area (Å²) in [6, 6.07) is 6.19. The molecule has 40 heavy (non-hydrogen) atoms. The van der Waals surface area contributed by atoms with Crippen LogP contribution < -0.4 is 5.32 Å². The summed E-state index contributed by atoms with van der Waals surface area (Å²) in [5, 5.41) is 7.79. The van der Waals surface area contributed by atoms with Gasteiger partial charge in [0.05, 0.1) is 23.9 Å². The molecular formula is C25H24Cl3F5N4O3. The number of nitrogens with zero attached hydrogens (tertiary/aromatic N) is 3. The Balaban J connectivity index is 1.93. The van der Waals surface area contributed by atoms with E-state index in [-0.39, 0.29) is 35.6 Å². The van der Waals surface area contributed by atoms with Gasteiger partial charge in [0.2, 0.25) is 3.79 Å². The number of hydrogen-bond acceptors (Lipinski definition) is 4. The maximum atomic E-state index is 13.3. The smallest absolute Gasteiger partial charge is 0.416 e. The van der Waals surface area contributed by atoms with Gasteiger partial charge in [0.15, 0.2) is 0 Å². The number of benzene rings is 2. The van der Waals surface area contributed by atoms with Crippen molar-refractivity contribution in [2.24, 2.45) is 5.10 Å². The van der Waals surface area contributed by atoms with Crippen LogP contribution in [0.4, 0.5) is 37.2 Å². The number of hydrazone groups is 1. The van der Waals surface area contributed by atoms with Crippen molar-refractivity contribution in [3.63, 3.8) is 0 Å². The minimum atomic E-state index is -4.55. The van der Waals surface area contributed by atoms with Crippen molar-refractivity contribution in [3.05, 3.63) is 64.7 Å². The number of rotatable bonds is 7. The highest BCUT2D eigenvalue weighted by Gasteiger charge is 2.39. The van der Waals surface area contributed by atoms with Crippen molar-refractivity contribution in [2.45, 2.75) is 42.7 Å². The average Bonchev–Trinajstić information content (AvgIpc) is 3.30. The second kappa shape index (κ2) is 12.8. The molecule has 1 atom stereocenters. The molecule has 0 fully saturated rings. The van der Waals surface area contributed by atoms with E-state index in [4.69, 9.17) is 39.5 Å². The molecule has 2 aromatic carbocycles. The summed E-state index contributed by atoms with van der Waals surface area (Å²) in [7, 11) is 0. The minimum Gasteiger partial charge on any atom is -0.445 e. The van der Waals surface area contributed by atoms with E-state index in [1.54, 1.807) is 6.92 Å². The summed E-state index contributed by atoms with van der Waals surface area (Å²) in [6.45, 7) is 2.68. The molecule has 2 aromatic rings. The number of carbonyl (C=O) groups excluding carboxylic acids is 2. The molecular weight excluding hydrogens is 606 g/mol. The Bertz CT molecular complexity index is 1250. The van der Waals surface area contributed by atoms with Crippen molar-refractivity contribution in [3.8, 4) is 0 Å². The second-order valence-corrected chi connectivity index (χ2v) is 11.3. The van der Waals surface area contributed by atoms with Crippen molar-refractivity contribution < 1.29 is 36.3 Å². The third kappa shape index (κ3) is 8.11. The fourth-order valence-electron chi connectivity index (χ4n) is 3.96. The van der Waals surface area contributed by atoms with Crippen LogP contribution in [0.2, 0.25) is 0 Å². The van der Waals surface area contributed by atoms with Gasteiger partial charge in [-0.25, -0.2) is 23.4 Å². The van der Waals surface area contributed by atoms with Crippen LogP contribution in [-0.4, -0.2) is 57.3 Å². The number of halogens is 8. The third-order valence-corrected chi connectivity index (χ3v) is 6.15. The molecule has 218 valence electrons. The maximum Gasteiger partial charge on any atom is 0.416 e. The number of alkyl halides is 8. The van der Waals surface area contributed by atoms with E-state index in [0.29, 0.717) is 12.0 Å². The van der Waals surface area contributed by atoms with Gasteiger partial charge in [-0.3, -0.25) is 4.90 Å². The van der Waals surface area contributed by atoms with Crippen molar-refractivity contribution in [1.82, 2.24) is 9.91 Å². The first-order chi connectivity index (χ1) is 18.6. The summed E-state index contributed by atoms with van der Waals surface area (Å²) in [6.07, 6.45) is -7.66. The van der Waals surface area contributed by atoms with Gasteiger partial charge in [-0.05, 0) is 49.2 Å². The fourth-order valence-corrected chi connectivity index (χ4v) is 4.13. The molecule has 0 aromatic heterocycles. The van der Waals surface area contributed by atoms with E-state index in [2.05, 4.69) is 10.4 Å². The molecule has 3 amide bonds. The molecule has 1 heterocycles. The van der Waals surface area contributed by atoms with Crippen LogP contribution in [0.5, 0.6) is 0 Å². The van der Waals surface area contributed by atoms with E-state index < -0.39 is 46.7 Å². The largest absolute Gasteiger partial charge is 0.445 e. The summed E-state index contributed by atoms with van der Waals surface area (Å²) < 4.78 is 68.6. The second-order valence-electron chi connectivity index (χ2n) is 8.82. The molecule has 0 aliphatic carbocycles. The van der Waals surface area contributed by atoms with Gasteiger partial charge in [0.25, 0.3) is 6.43 Å². The predicted molar refractivity (Wildman–Crippen MR) is 142 cm³/mol. The molecule has 15 heteroatoms. The SMILES string of the molecule is CCCN(C(=O)OCC(Cl)(Cl)Cl)C1CN(C(=O)Nc2ccc(C(F)(F)F)cc2)N=C1c1ccc(C(F)F)c(C)c1. The Morgan fingerprint density at radius 3 is 2.33 bits per heavy atom. The lowest BCUT2D eigenvalue weighted by Crippen LogP contribution is -2.48. The van der Waals surface area contributed by atoms with Crippen LogP contribution in [0.3, 0.4) is 0 Å². The Morgan fingerprint density at radius 2 is 1.80 bits per heavy atom. The molecule has 0 radical (unpaired) electrons. The van der Waals surface area contributed by atoms with E-state index in [0.717, 1.165) is 29.3 Å². The first-order valence-corrected chi connectivity index (χ1v) is 13.0. The summed E-state index contributed by atoms with van der Waals surface area (Å²) in [5.41, 5.74) is -0.176. The van der Waals surface area contributed by atoms with Gasteiger partial charge in [0.1, 0.15) is 6.61 Å². The lowest BCUT2D eigenvalue weighted by Gasteiger charge is -2.29. The Morgan fingerprint density at radius 1 is 1.15 bits per heavy atom. The maximum absolute atomic E-state index is 13.3. The van der Waals surface area contributed by atoms with Crippen molar-refractivity contribution in [2.75, 3.05) is 25.0 Å². The molecule has 0 spiro atoms. The lowest BCUT2D eigenvalue weighted by atomic mass is 9.98. The molecule has 1 N–H and O–H groups in total. The highest BCUT2D eigenvalue weighted by Crippen LogP contribution is 2.31. The highest BCUT2D eigenvalue weighted by atomic mass is 35.6. The standard InChI is InChI=1S/C25H24Cl3F5N4O3/c1-3-10-36(23(39)40-13-24(26,27)28)19-12-37(22(38)34-17-7-5-16(6-8-17)25(31,32)33)35-20(19)15-4-9-18(21(29)30)14(2)11-15/h4-9,11,19,21H,3,10,12-13H2,1-2H3,(H,34,38). The summed E-state index contributed by atoms with van der Waals surface area (Å²) in [4.78, 5) is 27.3. The molecule has 1 unspecified atom stereocenters. The number of hydrogen-bond donors (Lipinski definition) is 1. The van der Waals surface area contributed by atoms with Crippen LogP contribution in [0.25, 0.3) is 0 Å². The van der Waals surface area contributed by atoms with Gasteiger partial charge in [-0.1, -0.05) is 53.9 Å². The van der Waals surface area contributed by atoms with Crippen LogP contribution in [0.1, 0.15) is 42.0 Å². The van der Waals surface area contributed by atoms with Crippen molar-refractivity contribution >= 4 is 58.3 Å². The number of urea groups is 1. The van der Waals surface area contributed by atoms with Gasteiger partial charge in [-0.15, -0.1) is 0 Å². The first kappa shape index (κ1) is 31.7. The Labute approximate surface area is 241 Å². The normalized spacial score (nSPS) is 15.7. The zero-order valence-electron chi connectivity index (χ0n) is 21.1. The molecule has 1 aliphatic heterocycles. The number of amides is 3. The Kier molecular flexibility index (Phi) is 10.1. The number of ether oxygens (including phenoxy) is 1. The van der Waals surface area contributed by atoms with Gasteiger partial charge in [0, 0.05) is 23.4 Å². The van der Waals surface area contributed by atoms with Crippen LogP contribution in [0.15, 0.2) is 47.6 Å². The monoisotopic (exact) mass is 628 g/mol. The fraction of sp³-hybridized carbons (Fsp3) is 0.400. The van der Waals surface area contributed by atoms with Gasteiger partial charge >= 0.3 is 18.3 Å². The quantitative estimate of drug-likeness (QED) is 0.251. The van der Waals surface area contributed by atoms with E-state index >= 15 is 0 Å². The van der Waals surface area contributed by atoms with Crippen LogP contribution in [0, 0.1) is 6.92 Å². The third-order valence-electron chi connectivity index (χ3n) is 5.82. The zero-order chi connectivity index (χ0) is 29.8. The predicted octanol–water partition coefficient (Wildman–Crippen LogP) is 7.79. The van der Waals surface area contributed by atoms with Crippen LogP contribution in [-0.2, 0) is 10.9 Å². The van der Waals surface area contributed by atoms with E-state index in [9.17, 15) is 31.5 Å². The van der Waals surface area contributed by atoms with E-state index in [1.807, 2.05) is 0 Å². The molecule has 7 nitrogen and oxygen atoms in total. The van der Waals surface area contributed by atoms with Gasteiger partial charge in [-0.2, -0.15) is 18.3 Å². The zero-order valence-corrected chi connectivity index (χ0v) is 23.4. The number of carbonyl (C=O) groups is 2. The molecule has 0 saturated heterocycles. The van der Waals surface area contributed by atoms with Crippen molar-refractivity contribution in [1.29, 1.82) is 0 Å². The Hall–Kier alpha value is -2.83. The van der Waals surface area contributed by atoms with Gasteiger partial charge < -0.3 is 10.1 Å². The number of nitrogens with one attached hydrogen (secondary N) is 1. The first-order valence-electron chi connectivity index (χ1n) is 11.8. The highest BCUT2D eigenvalue weighted by molar-refractivity contribution is 6.67.